The Morgan fingerprint density at radius 2 is 2.00 bits per heavy atom. The predicted octanol–water partition coefficient (Wildman–Crippen LogP) is 2.11. The largest absolute Gasteiger partial charge is 0.416 e. The number of hydrogen-bond acceptors (Lipinski definition) is 5. The van der Waals surface area contributed by atoms with Crippen LogP contribution < -0.4 is 11.3 Å². The van der Waals surface area contributed by atoms with Gasteiger partial charge in [0.1, 0.15) is 0 Å². The van der Waals surface area contributed by atoms with Crippen LogP contribution in [0.5, 0.6) is 0 Å². The van der Waals surface area contributed by atoms with Crippen molar-refractivity contribution in [2.45, 2.75) is 12.2 Å². The van der Waals surface area contributed by atoms with Gasteiger partial charge in [0.15, 0.2) is 0 Å². The molecule has 96 valence electrons. The Balaban J connectivity index is 2.50. The van der Waals surface area contributed by atoms with Crippen LogP contribution >= 0.6 is 11.5 Å². The van der Waals surface area contributed by atoms with E-state index in [1.165, 1.54) is 18.2 Å². The van der Waals surface area contributed by atoms with Crippen molar-refractivity contribution >= 4 is 11.5 Å². The molecule has 0 saturated carbocycles. The summed E-state index contributed by atoms with van der Waals surface area (Å²) < 4.78 is 42.3. The first-order chi connectivity index (χ1) is 8.54. The van der Waals surface area contributed by atoms with E-state index in [2.05, 4.69) is 15.0 Å². The lowest BCUT2D eigenvalue weighted by Gasteiger charge is -2.19. The maximum absolute atomic E-state index is 12.9. The number of hydrogen-bond donors (Lipinski definition) is 2. The van der Waals surface area contributed by atoms with Crippen molar-refractivity contribution in [1.29, 1.82) is 0 Å². The molecule has 0 bridgehead atoms. The molecule has 0 spiro atoms. The molecule has 0 fully saturated rings. The minimum atomic E-state index is -4.44. The average molecular weight is 274 g/mol. The summed E-state index contributed by atoms with van der Waals surface area (Å²) in [5.41, 5.74) is 1.99. The van der Waals surface area contributed by atoms with Crippen LogP contribution in [-0.4, -0.2) is 9.59 Å². The molecule has 8 heteroatoms. The molecule has 0 amide bonds. The molecule has 2 aromatic rings. The van der Waals surface area contributed by atoms with E-state index in [9.17, 15) is 13.2 Å². The monoisotopic (exact) mass is 274 g/mol. The minimum absolute atomic E-state index is 0.0280. The first-order valence-corrected chi connectivity index (χ1v) is 5.77. The molecule has 3 N–H and O–H groups in total. The molecule has 4 nitrogen and oxygen atoms in total. The van der Waals surface area contributed by atoms with Crippen LogP contribution in [-0.2, 0) is 6.18 Å². The van der Waals surface area contributed by atoms with Gasteiger partial charge in [0.2, 0.25) is 0 Å². The van der Waals surface area contributed by atoms with Gasteiger partial charge in [-0.05, 0) is 23.2 Å². The molecule has 18 heavy (non-hydrogen) atoms. The highest BCUT2D eigenvalue weighted by Gasteiger charge is 2.35. The zero-order valence-corrected chi connectivity index (χ0v) is 9.79. The fraction of sp³-hybridized carbons (Fsp3) is 0.200. The van der Waals surface area contributed by atoms with E-state index in [1.54, 1.807) is 5.38 Å². The maximum Gasteiger partial charge on any atom is 0.416 e. The molecular formula is C10H9F3N4S. The van der Waals surface area contributed by atoms with Gasteiger partial charge in [0.25, 0.3) is 0 Å². The van der Waals surface area contributed by atoms with Gasteiger partial charge in [-0.3, -0.25) is 5.84 Å². The van der Waals surface area contributed by atoms with Crippen molar-refractivity contribution < 1.29 is 13.2 Å². The average Bonchev–Trinajstić information content (AvgIpc) is 2.83. The van der Waals surface area contributed by atoms with Gasteiger partial charge < -0.3 is 0 Å². The van der Waals surface area contributed by atoms with Gasteiger partial charge >= 0.3 is 6.18 Å². The first-order valence-electron chi connectivity index (χ1n) is 4.93. The van der Waals surface area contributed by atoms with Gasteiger partial charge in [-0.2, -0.15) is 13.2 Å². The number of hydrazine groups is 1. The van der Waals surface area contributed by atoms with Crippen molar-refractivity contribution in [3.8, 4) is 0 Å². The van der Waals surface area contributed by atoms with Gasteiger partial charge in [-0.1, -0.05) is 22.7 Å². The predicted molar refractivity (Wildman–Crippen MR) is 60.5 cm³/mol. The molecule has 0 saturated heterocycles. The van der Waals surface area contributed by atoms with Crippen LogP contribution in [0.15, 0.2) is 29.6 Å². The second-order valence-corrected chi connectivity index (χ2v) is 4.12. The Bertz CT molecular complexity index is 512. The molecule has 1 aromatic heterocycles. The number of rotatable bonds is 3. The van der Waals surface area contributed by atoms with E-state index < -0.39 is 17.8 Å². The molecule has 0 aliphatic heterocycles. The molecule has 0 aliphatic rings. The van der Waals surface area contributed by atoms with Crippen molar-refractivity contribution in [2.24, 2.45) is 5.84 Å². The summed E-state index contributed by atoms with van der Waals surface area (Å²) in [6.45, 7) is 0. The minimum Gasteiger partial charge on any atom is -0.271 e. The highest BCUT2D eigenvalue weighted by atomic mass is 32.1. The van der Waals surface area contributed by atoms with Crippen molar-refractivity contribution in [3.05, 3.63) is 46.5 Å². The summed E-state index contributed by atoms with van der Waals surface area (Å²) in [6.07, 6.45) is -4.44. The molecule has 1 heterocycles. The molecule has 1 atom stereocenters. The van der Waals surface area contributed by atoms with E-state index in [-0.39, 0.29) is 5.56 Å². The number of alkyl halides is 3. The van der Waals surface area contributed by atoms with Crippen molar-refractivity contribution in [2.75, 3.05) is 0 Å². The zero-order valence-electron chi connectivity index (χ0n) is 8.98. The standard InChI is InChI=1S/C10H9F3N4S/c11-10(12,13)7-4-2-1-3-6(7)9(15-14)8-5-18-17-16-8/h1-5,9,15H,14H2. The highest BCUT2D eigenvalue weighted by Crippen LogP contribution is 2.35. The second-order valence-electron chi connectivity index (χ2n) is 3.51. The van der Waals surface area contributed by atoms with Crippen LogP contribution in [0.2, 0.25) is 0 Å². The smallest absolute Gasteiger partial charge is 0.271 e. The van der Waals surface area contributed by atoms with E-state index in [1.807, 2.05) is 0 Å². The van der Waals surface area contributed by atoms with E-state index in [0.717, 1.165) is 17.6 Å². The lowest BCUT2D eigenvalue weighted by atomic mass is 9.98. The first kappa shape index (κ1) is 12.9. The molecule has 0 aliphatic carbocycles. The summed E-state index contributed by atoms with van der Waals surface area (Å²) in [5, 5.41) is 5.30. The molecule has 2 rings (SSSR count). The molecule has 1 aromatic carbocycles. The summed E-state index contributed by atoms with van der Waals surface area (Å²) in [4.78, 5) is 0. The van der Waals surface area contributed by atoms with Gasteiger partial charge in [-0.15, -0.1) is 5.10 Å². The third-order valence-electron chi connectivity index (χ3n) is 2.42. The topological polar surface area (TPSA) is 63.8 Å². The van der Waals surface area contributed by atoms with Gasteiger partial charge in [0, 0.05) is 5.38 Å². The fourth-order valence-electron chi connectivity index (χ4n) is 1.64. The molecule has 0 radical (unpaired) electrons. The van der Waals surface area contributed by atoms with Crippen LogP contribution in [0, 0.1) is 0 Å². The zero-order chi connectivity index (χ0) is 13.2. The van der Waals surface area contributed by atoms with Crippen LogP contribution in [0.1, 0.15) is 22.9 Å². The summed E-state index contributed by atoms with van der Waals surface area (Å²) >= 11 is 1.05. The Labute approximate surface area is 105 Å². The van der Waals surface area contributed by atoms with Crippen LogP contribution in [0.3, 0.4) is 0 Å². The van der Waals surface area contributed by atoms with E-state index in [0.29, 0.717) is 5.69 Å². The van der Waals surface area contributed by atoms with Crippen LogP contribution in [0.4, 0.5) is 13.2 Å². The third-order valence-corrected chi connectivity index (χ3v) is 2.94. The van der Waals surface area contributed by atoms with Crippen LogP contribution in [0.25, 0.3) is 0 Å². The Morgan fingerprint density at radius 3 is 2.56 bits per heavy atom. The molecule has 1 unspecified atom stereocenters. The third kappa shape index (κ3) is 2.50. The van der Waals surface area contributed by atoms with Crippen molar-refractivity contribution in [3.63, 3.8) is 0 Å². The number of nitrogens with one attached hydrogen (secondary N) is 1. The SMILES string of the molecule is NNC(c1csnn1)c1ccccc1C(F)(F)F. The lowest BCUT2D eigenvalue weighted by molar-refractivity contribution is -0.138. The summed E-state index contributed by atoms with van der Waals surface area (Å²) in [7, 11) is 0. The summed E-state index contributed by atoms with van der Waals surface area (Å²) in [5.74, 6) is 5.33. The number of nitrogens with two attached hydrogens (primary N) is 1. The number of nitrogens with zero attached hydrogens (tertiary/aromatic N) is 2. The van der Waals surface area contributed by atoms with E-state index >= 15 is 0 Å². The van der Waals surface area contributed by atoms with Crippen molar-refractivity contribution in [1.82, 2.24) is 15.0 Å². The number of benzene rings is 1. The quantitative estimate of drug-likeness (QED) is 0.664. The summed E-state index contributed by atoms with van der Waals surface area (Å²) in [6, 6.07) is 4.40. The number of aromatic nitrogens is 2. The number of halogens is 3. The van der Waals surface area contributed by atoms with Gasteiger partial charge in [0.05, 0.1) is 17.3 Å². The van der Waals surface area contributed by atoms with Gasteiger partial charge in [-0.25, -0.2) is 5.43 Å². The Hall–Kier alpha value is -1.51. The lowest BCUT2D eigenvalue weighted by Crippen LogP contribution is -2.30. The molecular weight excluding hydrogens is 265 g/mol. The Morgan fingerprint density at radius 1 is 1.28 bits per heavy atom. The Kier molecular flexibility index (Phi) is 3.60. The maximum atomic E-state index is 12.9. The second kappa shape index (κ2) is 5.01. The normalized spacial score (nSPS) is 13.6. The highest BCUT2D eigenvalue weighted by molar-refractivity contribution is 7.03. The fourth-order valence-corrected chi connectivity index (χ4v) is 2.12. The van der Waals surface area contributed by atoms with E-state index in [4.69, 9.17) is 5.84 Å².